The monoisotopic (exact) mass is 290 g/mol. The molecule has 16 heavy (non-hydrogen) atoms. The van der Waals surface area contributed by atoms with Gasteiger partial charge in [-0.15, -0.1) is 0 Å². The maximum absolute atomic E-state index is 12.7. The average molecular weight is 291 g/mol. The van der Waals surface area contributed by atoms with Crippen molar-refractivity contribution >= 4 is 21.6 Å². The van der Waals surface area contributed by atoms with Gasteiger partial charge in [-0.3, -0.25) is 0 Å². The van der Waals surface area contributed by atoms with E-state index in [0.29, 0.717) is 13.0 Å². The molecule has 1 aromatic rings. The van der Waals surface area contributed by atoms with E-state index < -0.39 is 12.0 Å². The van der Waals surface area contributed by atoms with Crippen molar-refractivity contribution in [1.29, 1.82) is 0 Å². The molecule has 1 fully saturated rings. The second-order valence-electron chi connectivity index (χ2n) is 4.19. The number of nitrogens with zero attached hydrogens (tertiary/aromatic N) is 1. The predicted octanol–water partition coefficient (Wildman–Crippen LogP) is 2.62. The summed E-state index contributed by atoms with van der Waals surface area (Å²) in [5.41, 5.74) is 5.24. The normalized spacial score (nSPS) is 25.4. The van der Waals surface area contributed by atoms with Gasteiger partial charge >= 0.3 is 0 Å². The van der Waals surface area contributed by atoms with E-state index in [1.54, 1.807) is 0 Å². The molecule has 0 spiro atoms. The van der Waals surface area contributed by atoms with E-state index in [-0.39, 0.29) is 6.54 Å². The van der Waals surface area contributed by atoms with Gasteiger partial charge in [0.05, 0.1) is 5.54 Å². The first-order chi connectivity index (χ1) is 7.51. The Balaban J connectivity index is 2.15. The summed E-state index contributed by atoms with van der Waals surface area (Å²) >= 11 is 3.36. The van der Waals surface area contributed by atoms with E-state index in [1.165, 1.54) is 0 Å². The van der Waals surface area contributed by atoms with Gasteiger partial charge in [0.2, 0.25) is 0 Å². The highest BCUT2D eigenvalue weighted by Crippen LogP contribution is 2.30. The summed E-state index contributed by atoms with van der Waals surface area (Å²) in [6, 6.07) is 7.61. The van der Waals surface area contributed by atoms with Crippen LogP contribution in [0.1, 0.15) is 6.42 Å². The molecule has 0 bridgehead atoms. The van der Waals surface area contributed by atoms with Crippen LogP contribution < -0.4 is 10.6 Å². The van der Waals surface area contributed by atoms with E-state index in [1.807, 2.05) is 29.2 Å². The minimum Gasteiger partial charge on any atom is -0.369 e. The molecule has 88 valence electrons. The van der Waals surface area contributed by atoms with Crippen molar-refractivity contribution in [2.24, 2.45) is 5.73 Å². The standard InChI is InChI=1S/C11H13BrF2N2/c12-8-2-1-3-9(6-8)16-5-4-11(15,7-16)10(13)14/h1-3,6,10H,4-5,7,15H2. The van der Waals surface area contributed by atoms with Crippen molar-refractivity contribution in [3.05, 3.63) is 28.7 Å². The Kier molecular flexibility index (Phi) is 3.17. The number of hydrogen-bond donors (Lipinski definition) is 1. The van der Waals surface area contributed by atoms with Gasteiger partial charge in [0.15, 0.2) is 0 Å². The van der Waals surface area contributed by atoms with Crippen molar-refractivity contribution in [1.82, 2.24) is 0 Å². The molecule has 1 atom stereocenters. The molecule has 1 aromatic carbocycles. The lowest BCUT2D eigenvalue weighted by atomic mass is 10.0. The Morgan fingerprint density at radius 1 is 1.44 bits per heavy atom. The highest BCUT2D eigenvalue weighted by molar-refractivity contribution is 9.10. The zero-order valence-corrected chi connectivity index (χ0v) is 10.3. The van der Waals surface area contributed by atoms with Gasteiger partial charge in [-0.2, -0.15) is 0 Å². The predicted molar refractivity (Wildman–Crippen MR) is 63.9 cm³/mol. The van der Waals surface area contributed by atoms with Crippen molar-refractivity contribution < 1.29 is 8.78 Å². The molecule has 1 aliphatic heterocycles. The zero-order chi connectivity index (χ0) is 11.8. The largest absolute Gasteiger partial charge is 0.369 e. The van der Waals surface area contributed by atoms with Gasteiger partial charge in [0, 0.05) is 23.2 Å². The molecule has 1 unspecified atom stereocenters. The van der Waals surface area contributed by atoms with Crippen LogP contribution >= 0.6 is 15.9 Å². The fraction of sp³-hybridized carbons (Fsp3) is 0.455. The fourth-order valence-corrected chi connectivity index (χ4v) is 2.32. The Morgan fingerprint density at radius 3 is 2.75 bits per heavy atom. The molecule has 0 amide bonds. The van der Waals surface area contributed by atoms with E-state index in [9.17, 15) is 8.78 Å². The summed E-state index contributed by atoms with van der Waals surface area (Å²) in [6.45, 7) is 0.790. The molecule has 1 heterocycles. The molecule has 0 radical (unpaired) electrons. The number of halogens is 3. The molecule has 2 rings (SSSR count). The Bertz CT molecular complexity index is 386. The van der Waals surface area contributed by atoms with Gasteiger partial charge in [0.25, 0.3) is 6.43 Å². The van der Waals surface area contributed by atoms with Crippen LogP contribution in [0.3, 0.4) is 0 Å². The third-order valence-electron chi connectivity index (χ3n) is 2.94. The summed E-state index contributed by atoms with van der Waals surface area (Å²) in [6.07, 6.45) is -2.14. The second kappa shape index (κ2) is 4.30. The topological polar surface area (TPSA) is 29.3 Å². The molecule has 0 saturated carbocycles. The summed E-state index contributed by atoms with van der Waals surface area (Å²) in [5.74, 6) is 0. The van der Waals surface area contributed by atoms with Gasteiger partial charge < -0.3 is 10.6 Å². The van der Waals surface area contributed by atoms with Crippen LogP contribution in [0.5, 0.6) is 0 Å². The minimum absolute atomic E-state index is 0.209. The Hall–Kier alpha value is -0.680. The summed E-state index contributed by atoms with van der Waals surface area (Å²) in [5, 5.41) is 0. The maximum Gasteiger partial charge on any atom is 0.258 e. The lowest BCUT2D eigenvalue weighted by Crippen LogP contribution is -2.49. The molecule has 2 N–H and O–H groups in total. The lowest BCUT2D eigenvalue weighted by Gasteiger charge is -2.24. The number of hydrogen-bond acceptors (Lipinski definition) is 2. The van der Waals surface area contributed by atoms with Gasteiger partial charge in [-0.25, -0.2) is 8.78 Å². The SMILES string of the molecule is NC1(C(F)F)CCN(c2cccc(Br)c2)C1. The minimum atomic E-state index is -2.47. The number of alkyl halides is 2. The molecule has 1 saturated heterocycles. The van der Waals surface area contributed by atoms with Crippen LogP contribution in [0.15, 0.2) is 28.7 Å². The van der Waals surface area contributed by atoms with Crippen molar-refractivity contribution in [2.75, 3.05) is 18.0 Å². The van der Waals surface area contributed by atoms with Crippen molar-refractivity contribution in [3.8, 4) is 0 Å². The van der Waals surface area contributed by atoms with Crippen LogP contribution in [0, 0.1) is 0 Å². The lowest BCUT2D eigenvalue weighted by molar-refractivity contribution is 0.0655. The first-order valence-corrected chi connectivity index (χ1v) is 5.88. The van der Waals surface area contributed by atoms with Crippen molar-refractivity contribution in [3.63, 3.8) is 0 Å². The molecular weight excluding hydrogens is 278 g/mol. The van der Waals surface area contributed by atoms with E-state index in [2.05, 4.69) is 15.9 Å². The third-order valence-corrected chi connectivity index (χ3v) is 3.43. The highest BCUT2D eigenvalue weighted by Gasteiger charge is 2.42. The number of benzene rings is 1. The molecule has 2 nitrogen and oxygen atoms in total. The summed E-state index contributed by atoms with van der Waals surface area (Å²) in [7, 11) is 0. The van der Waals surface area contributed by atoms with Crippen LogP contribution in [0.4, 0.5) is 14.5 Å². The van der Waals surface area contributed by atoms with E-state index >= 15 is 0 Å². The number of nitrogens with two attached hydrogens (primary N) is 1. The van der Waals surface area contributed by atoms with Gasteiger partial charge in [-0.05, 0) is 24.6 Å². The molecular formula is C11H13BrF2N2. The van der Waals surface area contributed by atoms with Crippen LogP contribution in [0.25, 0.3) is 0 Å². The summed E-state index contributed by atoms with van der Waals surface area (Å²) < 4.78 is 26.4. The van der Waals surface area contributed by atoms with Crippen molar-refractivity contribution in [2.45, 2.75) is 18.4 Å². The smallest absolute Gasteiger partial charge is 0.258 e. The molecule has 5 heteroatoms. The van der Waals surface area contributed by atoms with E-state index in [0.717, 1.165) is 10.2 Å². The fourth-order valence-electron chi connectivity index (χ4n) is 1.93. The Morgan fingerprint density at radius 2 is 2.19 bits per heavy atom. The Labute approximate surface area is 102 Å². The van der Waals surface area contributed by atoms with Crippen LogP contribution in [0.2, 0.25) is 0 Å². The molecule has 0 aromatic heterocycles. The summed E-state index contributed by atoms with van der Waals surface area (Å²) in [4.78, 5) is 1.90. The molecule has 1 aliphatic rings. The van der Waals surface area contributed by atoms with Crippen LogP contribution in [-0.2, 0) is 0 Å². The first kappa shape index (κ1) is 11.8. The number of anilines is 1. The van der Waals surface area contributed by atoms with Gasteiger partial charge in [0.1, 0.15) is 0 Å². The average Bonchev–Trinajstić information content (AvgIpc) is 2.62. The zero-order valence-electron chi connectivity index (χ0n) is 8.67. The maximum atomic E-state index is 12.7. The molecule has 0 aliphatic carbocycles. The van der Waals surface area contributed by atoms with E-state index in [4.69, 9.17) is 5.73 Å². The second-order valence-corrected chi connectivity index (χ2v) is 5.10. The quantitative estimate of drug-likeness (QED) is 0.907. The number of rotatable bonds is 2. The highest BCUT2D eigenvalue weighted by atomic mass is 79.9. The third kappa shape index (κ3) is 2.20. The first-order valence-electron chi connectivity index (χ1n) is 5.09. The van der Waals surface area contributed by atoms with Gasteiger partial charge in [-0.1, -0.05) is 22.0 Å². The van der Waals surface area contributed by atoms with Crippen LogP contribution in [-0.4, -0.2) is 25.1 Å².